The molecule has 108 valence electrons. The maximum atomic E-state index is 11.9. The van der Waals surface area contributed by atoms with E-state index in [-0.39, 0.29) is 23.7 Å². The SMILES string of the molecule is O=S(=O)(Cl)c1cc(Br)ccc1OCCCC(F)(F)F. The Morgan fingerprint density at radius 2 is 1.95 bits per heavy atom. The summed E-state index contributed by atoms with van der Waals surface area (Å²) >= 11 is 3.07. The van der Waals surface area contributed by atoms with Crippen molar-refractivity contribution in [3.8, 4) is 5.75 Å². The normalized spacial score (nSPS) is 12.5. The van der Waals surface area contributed by atoms with Gasteiger partial charge in [0.15, 0.2) is 0 Å². The lowest BCUT2D eigenvalue weighted by Gasteiger charge is -2.11. The molecule has 0 atom stereocenters. The summed E-state index contributed by atoms with van der Waals surface area (Å²) in [5, 5.41) is 0. The summed E-state index contributed by atoms with van der Waals surface area (Å²) in [6.45, 7) is -0.249. The van der Waals surface area contributed by atoms with Gasteiger partial charge < -0.3 is 4.74 Å². The van der Waals surface area contributed by atoms with Crippen LogP contribution in [0.5, 0.6) is 5.75 Å². The number of hydrogen-bond acceptors (Lipinski definition) is 3. The fourth-order valence-electron chi connectivity index (χ4n) is 1.25. The van der Waals surface area contributed by atoms with Crippen LogP contribution in [0.3, 0.4) is 0 Å². The van der Waals surface area contributed by atoms with Gasteiger partial charge in [0.05, 0.1) is 6.61 Å². The van der Waals surface area contributed by atoms with Gasteiger partial charge in [-0.1, -0.05) is 15.9 Å². The number of halogens is 5. The smallest absolute Gasteiger partial charge is 0.389 e. The largest absolute Gasteiger partial charge is 0.492 e. The van der Waals surface area contributed by atoms with Gasteiger partial charge in [-0.15, -0.1) is 0 Å². The number of alkyl halides is 3. The minimum absolute atomic E-state index is 0.0691. The predicted octanol–water partition coefficient (Wildman–Crippen LogP) is 4.10. The van der Waals surface area contributed by atoms with Crippen LogP contribution in [0.1, 0.15) is 12.8 Å². The number of hydrogen-bond donors (Lipinski definition) is 0. The molecular weight excluding hydrogens is 373 g/mol. The molecule has 1 aromatic carbocycles. The van der Waals surface area contributed by atoms with Gasteiger partial charge in [0.2, 0.25) is 0 Å². The zero-order valence-electron chi connectivity index (χ0n) is 9.38. The van der Waals surface area contributed by atoms with Gasteiger partial charge in [0.1, 0.15) is 10.6 Å². The molecule has 1 aromatic rings. The van der Waals surface area contributed by atoms with E-state index in [1.165, 1.54) is 18.2 Å². The minimum atomic E-state index is -4.26. The van der Waals surface area contributed by atoms with Crippen LogP contribution in [-0.2, 0) is 9.05 Å². The fourth-order valence-corrected chi connectivity index (χ4v) is 2.76. The molecule has 0 heterocycles. The van der Waals surface area contributed by atoms with E-state index in [0.717, 1.165) is 0 Å². The van der Waals surface area contributed by atoms with Gasteiger partial charge in [-0.3, -0.25) is 0 Å². The molecule has 0 aliphatic heterocycles. The van der Waals surface area contributed by atoms with E-state index >= 15 is 0 Å². The first-order valence-corrected chi connectivity index (χ1v) is 8.13. The van der Waals surface area contributed by atoms with E-state index in [0.29, 0.717) is 4.47 Å². The quantitative estimate of drug-likeness (QED) is 0.570. The second-order valence-corrected chi connectivity index (χ2v) is 7.05. The topological polar surface area (TPSA) is 43.4 Å². The van der Waals surface area contributed by atoms with Crippen molar-refractivity contribution in [2.24, 2.45) is 0 Å². The molecule has 0 aliphatic rings. The van der Waals surface area contributed by atoms with Gasteiger partial charge in [-0.2, -0.15) is 13.2 Å². The van der Waals surface area contributed by atoms with Crippen molar-refractivity contribution in [3.05, 3.63) is 22.7 Å². The molecule has 0 amide bonds. The standard InChI is InChI=1S/C10H9BrClF3O3S/c11-7-2-3-8(9(6-7)19(12,16)17)18-5-1-4-10(13,14)15/h2-3,6H,1,4-5H2. The lowest BCUT2D eigenvalue weighted by atomic mass is 10.3. The van der Waals surface area contributed by atoms with Crippen molar-refractivity contribution in [1.82, 2.24) is 0 Å². The molecule has 0 saturated heterocycles. The minimum Gasteiger partial charge on any atom is -0.492 e. The highest BCUT2D eigenvalue weighted by atomic mass is 79.9. The third kappa shape index (κ3) is 6.01. The van der Waals surface area contributed by atoms with Crippen LogP contribution < -0.4 is 4.74 Å². The number of benzene rings is 1. The summed E-state index contributed by atoms with van der Waals surface area (Å²) in [4.78, 5) is -0.282. The average Bonchev–Trinajstić information content (AvgIpc) is 2.23. The van der Waals surface area contributed by atoms with E-state index < -0.39 is 21.6 Å². The van der Waals surface area contributed by atoms with Crippen molar-refractivity contribution < 1.29 is 26.3 Å². The van der Waals surface area contributed by atoms with Gasteiger partial charge in [0.25, 0.3) is 9.05 Å². The van der Waals surface area contributed by atoms with Crippen molar-refractivity contribution in [2.75, 3.05) is 6.61 Å². The molecule has 0 aromatic heterocycles. The van der Waals surface area contributed by atoms with E-state index in [4.69, 9.17) is 15.4 Å². The first-order valence-electron chi connectivity index (χ1n) is 5.03. The Kier molecular flexibility index (Phi) is 5.52. The highest BCUT2D eigenvalue weighted by Gasteiger charge is 2.26. The third-order valence-corrected chi connectivity index (χ3v) is 3.87. The Morgan fingerprint density at radius 3 is 2.47 bits per heavy atom. The van der Waals surface area contributed by atoms with Crippen molar-refractivity contribution in [3.63, 3.8) is 0 Å². The van der Waals surface area contributed by atoms with E-state index in [9.17, 15) is 21.6 Å². The molecular formula is C10H9BrClF3O3S. The summed E-state index contributed by atoms with van der Waals surface area (Å²) in [5.74, 6) is -0.0691. The summed E-state index contributed by atoms with van der Waals surface area (Å²) in [7, 11) is 1.19. The van der Waals surface area contributed by atoms with Gasteiger partial charge in [-0.25, -0.2) is 8.42 Å². The first-order chi connectivity index (χ1) is 8.59. The molecule has 0 N–H and O–H groups in total. The number of ether oxygens (including phenoxy) is 1. The molecule has 0 radical (unpaired) electrons. The predicted molar refractivity (Wildman–Crippen MR) is 68.0 cm³/mol. The van der Waals surface area contributed by atoms with Crippen LogP contribution in [0, 0.1) is 0 Å². The summed E-state index contributed by atoms with van der Waals surface area (Å²) < 4.78 is 63.8. The Balaban J connectivity index is 2.74. The third-order valence-electron chi connectivity index (χ3n) is 2.03. The fraction of sp³-hybridized carbons (Fsp3) is 0.400. The van der Waals surface area contributed by atoms with Crippen LogP contribution in [0.15, 0.2) is 27.6 Å². The molecule has 0 unspecified atom stereocenters. The summed E-state index contributed by atoms with van der Waals surface area (Å²) in [5.41, 5.74) is 0. The molecule has 0 fully saturated rings. The molecule has 3 nitrogen and oxygen atoms in total. The lowest BCUT2D eigenvalue weighted by molar-refractivity contribution is -0.136. The second kappa shape index (κ2) is 6.32. The monoisotopic (exact) mass is 380 g/mol. The second-order valence-electron chi connectivity index (χ2n) is 3.60. The van der Waals surface area contributed by atoms with Crippen LogP contribution in [0.4, 0.5) is 13.2 Å². The van der Waals surface area contributed by atoms with Crippen LogP contribution in [0.2, 0.25) is 0 Å². The molecule has 1 rings (SSSR count). The van der Waals surface area contributed by atoms with E-state index in [1.807, 2.05) is 0 Å². The first kappa shape index (κ1) is 16.6. The van der Waals surface area contributed by atoms with Crippen LogP contribution in [0.25, 0.3) is 0 Å². The van der Waals surface area contributed by atoms with Crippen LogP contribution in [-0.4, -0.2) is 21.2 Å². The summed E-state index contributed by atoms with van der Waals surface area (Å²) in [6.07, 6.45) is -5.52. The van der Waals surface area contributed by atoms with Gasteiger partial charge in [-0.05, 0) is 24.6 Å². The van der Waals surface area contributed by atoms with Crippen molar-refractivity contribution in [1.29, 1.82) is 0 Å². The zero-order valence-corrected chi connectivity index (χ0v) is 12.5. The maximum Gasteiger partial charge on any atom is 0.389 e. The highest BCUT2D eigenvalue weighted by molar-refractivity contribution is 9.10. The maximum absolute atomic E-state index is 11.9. The van der Waals surface area contributed by atoms with E-state index in [2.05, 4.69) is 15.9 Å². The van der Waals surface area contributed by atoms with Crippen molar-refractivity contribution >= 4 is 35.7 Å². The Bertz CT molecular complexity index is 545. The Morgan fingerprint density at radius 1 is 1.32 bits per heavy atom. The molecule has 0 bridgehead atoms. The molecule has 0 saturated carbocycles. The van der Waals surface area contributed by atoms with E-state index in [1.54, 1.807) is 0 Å². The Hall–Kier alpha value is -0.470. The van der Waals surface area contributed by atoms with Crippen molar-refractivity contribution in [2.45, 2.75) is 23.9 Å². The molecule has 9 heteroatoms. The highest BCUT2D eigenvalue weighted by Crippen LogP contribution is 2.30. The average molecular weight is 382 g/mol. The molecule has 0 spiro atoms. The Labute approximate surface area is 121 Å². The lowest BCUT2D eigenvalue weighted by Crippen LogP contribution is -2.10. The van der Waals surface area contributed by atoms with Gasteiger partial charge in [0, 0.05) is 21.6 Å². The summed E-state index contributed by atoms with van der Waals surface area (Å²) in [6, 6.07) is 4.05. The molecule has 19 heavy (non-hydrogen) atoms. The van der Waals surface area contributed by atoms with Crippen LogP contribution >= 0.6 is 26.6 Å². The van der Waals surface area contributed by atoms with Gasteiger partial charge >= 0.3 is 6.18 Å². The molecule has 0 aliphatic carbocycles. The zero-order chi connectivity index (χ0) is 14.7. The number of rotatable bonds is 5.